The molecule has 0 aliphatic rings. The third kappa shape index (κ3) is 4.91. The van der Waals surface area contributed by atoms with Crippen LogP contribution in [0.15, 0.2) is 0 Å². The van der Waals surface area contributed by atoms with Gasteiger partial charge in [0, 0.05) is 0 Å². The van der Waals surface area contributed by atoms with Crippen molar-refractivity contribution in [2.75, 3.05) is 6.61 Å². The summed E-state index contributed by atoms with van der Waals surface area (Å²) in [6.45, 7) is 2.29. The van der Waals surface area contributed by atoms with Gasteiger partial charge in [0.1, 0.15) is 0 Å². The third-order valence-electron chi connectivity index (χ3n) is 1.56. The molecule has 102 valence electrons. The lowest BCUT2D eigenvalue weighted by atomic mass is 10.5. The standard InChI is InChI=1S/C8H7Cl6N3O/c1-2-3-18-6-16-4(7(9,10)11)15-5(17-6)8(12,13)14/h2-3H2,1H3. The molecule has 18 heavy (non-hydrogen) atoms. The van der Waals surface area contributed by atoms with Crippen LogP contribution in [0.1, 0.15) is 25.0 Å². The number of aromatic nitrogens is 3. The average Bonchev–Trinajstić information content (AvgIpc) is 2.23. The molecule has 0 aliphatic carbocycles. The molecule has 1 heterocycles. The van der Waals surface area contributed by atoms with E-state index in [2.05, 4.69) is 15.0 Å². The summed E-state index contributed by atoms with van der Waals surface area (Å²) in [4.78, 5) is 11.5. The Labute approximate surface area is 134 Å². The lowest BCUT2D eigenvalue weighted by Crippen LogP contribution is -2.17. The predicted octanol–water partition coefficient (Wildman–Crippen LogP) is 4.31. The highest BCUT2D eigenvalue weighted by molar-refractivity contribution is 6.67. The van der Waals surface area contributed by atoms with Crippen molar-refractivity contribution in [2.45, 2.75) is 20.9 Å². The van der Waals surface area contributed by atoms with Crippen LogP contribution < -0.4 is 4.74 Å². The number of ether oxygens (including phenoxy) is 1. The van der Waals surface area contributed by atoms with Gasteiger partial charge in [0.05, 0.1) is 6.61 Å². The van der Waals surface area contributed by atoms with Crippen LogP contribution in [0.3, 0.4) is 0 Å². The van der Waals surface area contributed by atoms with Crippen molar-refractivity contribution in [2.24, 2.45) is 0 Å². The molecule has 0 aliphatic heterocycles. The van der Waals surface area contributed by atoms with Crippen molar-refractivity contribution in [3.63, 3.8) is 0 Å². The normalized spacial score (nSPS) is 12.6. The van der Waals surface area contributed by atoms with Crippen LogP contribution in [0.4, 0.5) is 0 Å². The van der Waals surface area contributed by atoms with Crippen LogP contribution in [-0.2, 0) is 7.59 Å². The maximum Gasteiger partial charge on any atom is 0.320 e. The van der Waals surface area contributed by atoms with E-state index in [-0.39, 0.29) is 17.7 Å². The monoisotopic (exact) mass is 371 g/mol. The zero-order valence-electron chi connectivity index (χ0n) is 8.93. The van der Waals surface area contributed by atoms with Gasteiger partial charge in [-0.25, -0.2) is 4.98 Å². The van der Waals surface area contributed by atoms with Crippen molar-refractivity contribution < 1.29 is 4.74 Å². The fourth-order valence-corrected chi connectivity index (χ4v) is 1.38. The van der Waals surface area contributed by atoms with E-state index in [0.717, 1.165) is 6.42 Å². The van der Waals surface area contributed by atoms with Crippen molar-refractivity contribution >= 4 is 69.6 Å². The van der Waals surface area contributed by atoms with E-state index < -0.39 is 7.59 Å². The summed E-state index contributed by atoms with van der Waals surface area (Å²) in [6, 6.07) is -0.0606. The highest BCUT2D eigenvalue weighted by Gasteiger charge is 2.34. The SMILES string of the molecule is CCCOc1nc(C(Cl)(Cl)Cl)nc(C(Cl)(Cl)Cl)n1. The average molecular weight is 374 g/mol. The molecule has 0 saturated carbocycles. The third-order valence-corrected chi connectivity index (χ3v) is 2.57. The topological polar surface area (TPSA) is 47.9 Å². The predicted molar refractivity (Wildman–Crippen MR) is 74.1 cm³/mol. The molecule has 0 radical (unpaired) electrons. The van der Waals surface area contributed by atoms with Crippen molar-refractivity contribution in [3.8, 4) is 6.01 Å². The van der Waals surface area contributed by atoms with Gasteiger partial charge in [0.2, 0.25) is 7.59 Å². The van der Waals surface area contributed by atoms with E-state index in [9.17, 15) is 0 Å². The first-order valence-electron chi connectivity index (χ1n) is 4.68. The summed E-state index contributed by atoms with van der Waals surface area (Å²) in [7, 11) is 0. The Morgan fingerprint density at radius 3 is 1.67 bits per heavy atom. The molecule has 1 aromatic heterocycles. The molecule has 10 heteroatoms. The molecule has 0 saturated heterocycles. The molecule has 0 fully saturated rings. The Bertz CT molecular complexity index is 384. The van der Waals surface area contributed by atoms with Crippen LogP contribution in [-0.4, -0.2) is 21.6 Å². The second-order valence-electron chi connectivity index (χ2n) is 3.11. The Balaban J connectivity index is 3.21. The van der Waals surface area contributed by atoms with Crippen LogP contribution >= 0.6 is 69.6 Å². The molecule has 4 nitrogen and oxygen atoms in total. The van der Waals surface area contributed by atoms with Gasteiger partial charge in [-0.1, -0.05) is 76.5 Å². The Hall–Kier alpha value is 0.550. The molecule has 0 bridgehead atoms. The van der Waals surface area contributed by atoms with Gasteiger partial charge < -0.3 is 4.74 Å². The zero-order valence-corrected chi connectivity index (χ0v) is 13.5. The van der Waals surface area contributed by atoms with Gasteiger partial charge in [0.25, 0.3) is 0 Å². The smallest absolute Gasteiger partial charge is 0.320 e. The number of rotatable bonds is 3. The minimum absolute atomic E-state index is 0.0606. The second kappa shape index (κ2) is 6.33. The molecular formula is C8H7Cl6N3O. The van der Waals surface area contributed by atoms with E-state index in [1.54, 1.807) is 0 Å². The number of hydrogen-bond donors (Lipinski definition) is 0. The largest absolute Gasteiger partial charge is 0.463 e. The fraction of sp³-hybridized carbons (Fsp3) is 0.625. The molecule has 0 spiro atoms. The minimum Gasteiger partial charge on any atom is -0.463 e. The lowest BCUT2D eigenvalue weighted by Gasteiger charge is -2.15. The number of halogens is 6. The summed E-state index contributed by atoms with van der Waals surface area (Å²) in [5.74, 6) is -0.343. The molecule has 0 aromatic carbocycles. The Kier molecular flexibility index (Phi) is 5.84. The summed E-state index contributed by atoms with van der Waals surface area (Å²) >= 11 is 34.1. The van der Waals surface area contributed by atoms with E-state index in [0.29, 0.717) is 6.61 Å². The quantitative estimate of drug-likeness (QED) is 0.740. The zero-order chi connectivity index (χ0) is 14.0. The number of nitrogens with zero attached hydrogens (tertiary/aromatic N) is 3. The van der Waals surface area contributed by atoms with Gasteiger partial charge >= 0.3 is 6.01 Å². The molecular weight excluding hydrogens is 367 g/mol. The lowest BCUT2D eigenvalue weighted by molar-refractivity contribution is 0.288. The maximum absolute atomic E-state index is 5.68. The Morgan fingerprint density at radius 2 is 1.33 bits per heavy atom. The van der Waals surface area contributed by atoms with Crippen LogP contribution in [0, 0.1) is 0 Å². The summed E-state index contributed by atoms with van der Waals surface area (Å²) in [6.07, 6.45) is 0.748. The molecule has 0 N–H and O–H groups in total. The van der Waals surface area contributed by atoms with Crippen LogP contribution in [0.2, 0.25) is 0 Å². The molecule has 0 unspecified atom stereocenters. The van der Waals surface area contributed by atoms with Gasteiger partial charge in [-0.3, -0.25) is 0 Å². The van der Waals surface area contributed by atoms with Crippen molar-refractivity contribution in [1.82, 2.24) is 15.0 Å². The van der Waals surface area contributed by atoms with E-state index >= 15 is 0 Å². The van der Waals surface area contributed by atoms with Crippen molar-refractivity contribution in [1.29, 1.82) is 0 Å². The van der Waals surface area contributed by atoms with Crippen LogP contribution in [0.25, 0.3) is 0 Å². The number of alkyl halides is 6. The van der Waals surface area contributed by atoms with Crippen LogP contribution in [0.5, 0.6) is 6.01 Å². The molecule has 1 aromatic rings. The van der Waals surface area contributed by atoms with E-state index in [1.165, 1.54) is 0 Å². The van der Waals surface area contributed by atoms with Crippen molar-refractivity contribution in [3.05, 3.63) is 11.6 Å². The minimum atomic E-state index is -1.86. The fourth-order valence-electron chi connectivity index (χ4n) is 0.868. The van der Waals surface area contributed by atoms with Gasteiger partial charge in [-0.15, -0.1) is 0 Å². The first-order valence-corrected chi connectivity index (χ1v) is 6.94. The highest BCUT2D eigenvalue weighted by atomic mass is 35.6. The highest BCUT2D eigenvalue weighted by Crippen LogP contribution is 2.40. The van der Waals surface area contributed by atoms with E-state index in [4.69, 9.17) is 74.3 Å². The second-order valence-corrected chi connectivity index (χ2v) is 7.67. The van der Waals surface area contributed by atoms with Gasteiger partial charge in [-0.2, -0.15) is 9.97 Å². The van der Waals surface area contributed by atoms with Gasteiger partial charge in [0.15, 0.2) is 11.6 Å². The summed E-state index contributed by atoms with van der Waals surface area (Å²) in [5.41, 5.74) is 0. The van der Waals surface area contributed by atoms with E-state index in [1.807, 2.05) is 6.92 Å². The first-order chi connectivity index (χ1) is 8.14. The molecule has 0 atom stereocenters. The number of hydrogen-bond acceptors (Lipinski definition) is 4. The molecule has 1 rings (SSSR count). The summed E-state index contributed by atoms with van der Waals surface area (Å²) < 4.78 is 1.49. The first kappa shape index (κ1) is 16.6. The van der Waals surface area contributed by atoms with Gasteiger partial charge in [-0.05, 0) is 6.42 Å². The molecule has 0 amide bonds. The summed E-state index contributed by atoms with van der Waals surface area (Å²) in [5, 5.41) is 0. The maximum atomic E-state index is 5.68. The Morgan fingerprint density at radius 1 is 0.889 bits per heavy atom.